The van der Waals surface area contributed by atoms with Gasteiger partial charge in [-0.25, -0.2) is 0 Å². The van der Waals surface area contributed by atoms with E-state index in [-0.39, 0.29) is 0 Å². The smallest absolute Gasteiger partial charge is 0.178 e. The molecule has 0 spiro atoms. The lowest BCUT2D eigenvalue weighted by atomic mass is 10.1. The highest BCUT2D eigenvalue weighted by molar-refractivity contribution is 5.31. The quantitative estimate of drug-likeness (QED) is 0.725. The van der Waals surface area contributed by atoms with E-state index in [1.165, 1.54) is 0 Å². The van der Waals surface area contributed by atoms with Crippen molar-refractivity contribution in [1.82, 2.24) is 25.9 Å². The SMILES string of the molecule is CNCCOC1=CC=C(Cc2nn[nH]n2)C=CC1. The van der Waals surface area contributed by atoms with Crippen LogP contribution in [-0.2, 0) is 11.2 Å². The van der Waals surface area contributed by atoms with E-state index >= 15 is 0 Å². The van der Waals surface area contributed by atoms with Crippen molar-refractivity contribution in [2.45, 2.75) is 12.8 Å². The number of hydrogen-bond acceptors (Lipinski definition) is 5. The second-order valence-corrected chi connectivity index (χ2v) is 3.94. The third-order valence-electron chi connectivity index (χ3n) is 2.53. The van der Waals surface area contributed by atoms with Crippen molar-refractivity contribution in [1.29, 1.82) is 0 Å². The third kappa shape index (κ3) is 3.81. The Hall–Kier alpha value is -1.95. The van der Waals surface area contributed by atoms with Gasteiger partial charge in [-0.3, -0.25) is 0 Å². The van der Waals surface area contributed by atoms with Crippen molar-refractivity contribution < 1.29 is 4.74 Å². The minimum atomic E-state index is 0.674. The Labute approximate surface area is 106 Å². The molecule has 1 aliphatic rings. The van der Waals surface area contributed by atoms with Gasteiger partial charge in [0, 0.05) is 19.4 Å². The van der Waals surface area contributed by atoms with Crippen LogP contribution in [0.4, 0.5) is 0 Å². The van der Waals surface area contributed by atoms with Crippen LogP contribution in [0.25, 0.3) is 0 Å². The van der Waals surface area contributed by atoms with Gasteiger partial charge in [0.2, 0.25) is 0 Å². The van der Waals surface area contributed by atoms with E-state index in [1.807, 2.05) is 19.2 Å². The highest BCUT2D eigenvalue weighted by Crippen LogP contribution is 2.14. The van der Waals surface area contributed by atoms with E-state index in [4.69, 9.17) is 4.74 Å². The van der Waals surface area contributed by atoms with Crippen molar-refractivity contribution in [3.8, 4) is 0 Å². The lowest BCUT2D eigenvalue weighted by Crippen LogP contribution is -2.13. The van der Waals surface area contributed by atoms with Crippen molar-refractivity contribution >= 4 is 0 Å². The van der Waals surface area contributed by atoms with Gasteiger partial charge in [0.05, 0.1) is 5.76 Å². The first kappa shape index (κ1) is 12.5. The number of allylic oxidation sites excluding steroid dienone is 5. The molecule has 0 saturated carbocycles. The summed E-state index contributed by atoms with van der Waals surface area (Å²) in [4.78, 5) is 0. The standard InChI is InChI=1S/C12H17N5O/c1-13-7-8-18-11-4-2-3-10(5-6-11)9-12-14-16-17-15-12/h2-3,5-6,13H,4,7-9H2,1H3,(H,14,15,16,17). The normalized spacial score (nSPS) is 14.9. The molecular weight excluding hydrogens is 230 g/mol. The molecule has 2 rings (SSSR count). The number of rotatable bonds is 6. The van der Waals surface area contributed by atoms with Crippen LogP contribution in [0.2, 0.25) is 0 Å². The number of aromatic nitrogens is 4. The van der Waals surface area contributed by atoms with Crippen LogP contribution in [0.15, 0.2) is 35.6 Å². The highest BCUT2D eigenvalue weighted by atomic mass is 16.5. The zero-order chi connectivity index (χ0) is 12.6. The molecule has 1 heterocycles. The van der Waals surface area contributed by atoms with Gasteiger partial charge in [-0.05, 0) is 18.7 Å². The van der Waals surface area contributed by atoms with Crippen LogP contribution < -0.4 is 5.32 Å². The molecule has 0 saturated heterocycles. The summed E-state index contributed by atoms with van der Waals surface area (Å²) in [6.45, 7) is 1.53. The summed E-state index contributed by atoms with van der Waals surface area (Å²) in [5.41, 5.74) is 1.14. The average molecular weight is 247 g/mol. The number of ether oxygens (including phenoxy) is 1. The number of nitrogens with one attached hydrogen (secondary N) is 2. The van der Waals surface area contributed by atoms with E-state index in [0.29, 0.717) is 18.9 Å². The molecule has 0 bridgehead atoms. The summed E-state index contributed by atoms with van der Waals surface area (Å²) in [7, 11) is 1.91. The number of aromatic amines is 1. The molecule has 0 aromatic carbocycles. The zero-order valence-electron chi connectivity index (χ0n) is 10.4. The summed E-state index contributed by atoms with van der Waals surface area (Å²) in [5, 5.41) is 16.9. The van der Waals surface area contributed by atoms with Gasteiger partial charge in [-0.15, -0.1) is 10.2 Å². The molecule has 0 amide bonds. The summed E-state index contributed by atoms with van der Waals surface area (Å²) in [6.07, 6.45) is 9.69. The fourth-order valence-corrected chi connectivity index (χ4v) is 1.60. The molecule has 0 atom stereocenters. The van der Waals surface area contributed by atoms with E-state index in [1.54, 1.807) is 0 Å². The first-order valence-corrected chi connectivity index (χ1v) is 5.94. The Kier molecular flexibility index (Phi) is 4.66. The summed E-state index contributed by atoms with van der Waals surface area (Å²) in [6, 6.07) is 0. The number of H-pyrrole nitrogens is 1. The van der Waals surface area contributed by atoms with E-state index < -0.39 is 0 Å². The maximum Gasteiger partial charge on any atom is 0.178 e. The van der Waals surface area contributed by atoms with Gasteiger partial charge in [0.15, 0.2) is 5.82 Å². The number of tetrazole rings is 1. The summed E-state index contributed by atoms with van der Waals surface area (Å²) in [5.74, 6) is 1.67. The van der Waals surface area contributed by atoms with E-state index in [0.717, 1.165) is 24.3 Å². The average Bonchev–Trinajstić information content (AvgIpc) is 2.78. The van der Waals surface area contributed by atoms with Gasteiger partial charge >= 0.3 is 0 Å². The number of likely N-dealkylation sites (N-methyl/N-ethyl adjacent to an activating group) is 1. The van der Waals surface area contributed by atoms with E-state index in [9.17, 15) is 0 Å². The fraction of sp³-hybridized carbons (Fsp3) is 0.417. The molecular formula is C12H17N5O. The Morgan fingerprint density at radius 1 is 1.44 bits per heavy atom. The van der Waals surface area contributed by atoms with Crippen LogP contribution in [0.1, 0.15) is 12.2 Å². The molecule has 6 heteroatoms. The molecule has 18 heavy (non-hydrogen) atoms. The van der Waals surface area contributed by atoms with Crippen LogP contribution in [0, 0.1) is 0 Å². The van der Waals surface area contributed by atoms with Crippen LogP contribution in [-0.4, -0.2) is 40.8 Å². The molecule has 0 unspecified atom stereocenters. The molecule has 0 radical (unpaired) electrons. The van der Waals surface area contributed by atoms with Crippen molar-refractivity contribution in [3.63, 3.8) is 0 Å². The van der Waals surface area contributed by atoms with Crippen molar-refractivity contribution in [2.75, 3.05) is 20.2 Å². The topological polar surface area (TPSA) is 75.7 Å². The molecule has 0 aliphatic heterocycles. The van der Waals surface area contributed by atoms with Crippen LogP contribution in [0.3, 0.4) is 0 Å². The maximum atomic E-state index is 5.64. The Morgan fingerprint density at radius 3 is 3.17 bits per heavy atom. The molecule has 1 aliphatic carbocycles. The highest BCUT2D eigenvalue weighted by Gasteiger charge is 2.04. The minimum absolute atomic E-state index is 0.674. The second-order valence-electron chi connectivity index (χ2n) is 3.94. The monoisotopic (exact) mass is 247 g/mol. The Morgan fingerprint density at radius 2 is 2.39 bits per heavy atom. The summed E-state index contributed by atoms with van der Waals surface area (Å²) >= 11 is 0. The molecule has 96 valence electrons. The lowest BCUT2D eigenvalue weighted by Gasteiger charge is -2.06. The predicted molar refractivity (Wildman–Crippen MR) is 67.7 cm³/mol. The third-order valence-corrected chi connectivity index (χ3v) is 2.53. The van der Waals surface area contributed by atoms with Crippen molar-refractivity contribution in [3.05, 3.63) is 41.5 Å². The Bertz CT molecular complexity index is 447. The predicted octanol–water partition coefficient (Wildman–Crippen LogP) is 0.748. The zero-order valence-corrected chi connectivity index (χ0v) is 10.4. The summed E-state index contributed by atoms with van der Waals surface area (Å²) < 4.78 is 5.64. The number of hydrogen-bond donors (Lipinski definition) is 2. The second kappa shape index (κ2) is 6.70. The van der Waals surface area contributed by atoms with Gasteiger partial charge in [-0.2, -0.15) is 5.21 Å². The molecule has 1 aromatic heterocycles. The molecule has 1 aromatic rings. The lowest BCUT2D eigenvalue weighted by molar-refractivity contribution is 0.210. The molecule has 6 nitrogen and oxygen atoms in total. The van der Waals surface area contributed by atoms with E-state index in [2.05, 4.69) is 38.1 Å². The maximum absolute atomic E-state index is 5.64. The number of nitrogens with zero attached hydrogens (tertiary/aromatic N) is 3. The fourth-order valence-electron chi connectivity index (χ4n) is 1.60. The Balaban J connectivity index is 1.92. The first-order chi connectivity index (χ1) is 8.88. The minimum Gasteiger partial charge on any atom is -0.496 e. The van der Waals surface area contributed by atoms with Gasteiger partial charge in [0.1, 0.15) is 6.61 Å². The van der Waals surface area contributed by atoms with Crippen LogP contribution in [0.5, 0.6) is 0 Å². The van der Waals surface area contributed by atoms with Gasteiger partial charge < -0.3 is 10.1 Å². The van der Waals surface area contributed by atoms with Crippen LogP contribution >= 0.6 is 0 Å². The molecule has 0 fully saturated rings. The van der Waals surface area contributed by atoms with Gasteiger partial charge in [0.25, 0.3) is 0 Å². The first-order valence-electron chi connectivity index (χ1n) is 5.94. The largest absolute Gasteiger partial charge is 0.496 e. The van der Waals surface area contributed by atoms with Crippen molar-refractivity contribution in [2.24, 2.45) is 0 Å². The van der Waals surface area contributed by atoms with Gasteiger partial charge in [-0.1, -0.05) is 23.4 Å². The molecule has 2 N–H and O–H groups in total.